The number of hydrogen-bond donors (Lipinski definition) is 1. The van der Waals surface area contributed by atoms with Crippen LogP contribution in [0.4, 0.5) is 0 Å². The number of halogens is 2. The number of carbonyl (C=O) groups excluding carboxylic acids is 1. The summed E-state index contributed by atoms with van der Waals surface area (Å²) in [5.74, 6) is 6.16. The molecule has 0 saturated carbocycles. The molecule has 1 N–H and O–H groups in total. The fraction of sp³-hybridized carbons (Fsp3) is 0.227. The first kappa shape index (κ1) is 18.9. The summed E-state index contributed by atoms with van der Waals surface area (Å²) in [7, 11) is 0. The zero-order valence-corrected chi connectivity index (χ0v) is 16.6. The highest BCUT2D eigenvalue weighted by molar-refractivity contribution is 6.31. The number of benzene rings is 2. The Bertz CT molecular complexity index is 999. The van der Waals surface area contributed by atoms with Crippen molar-refractivity contribution in [3.8, 4) is 11.8 Å². The molecule has 0 unspecified atom stereocenters. The number of hydroxylamine groups is 1. The van der Waals surface area contributed by atoms with Gasteiger partial charge in [-0.15, -0.1) is 0 Å². The predicted octanol–water partition coefficient (Wildman–Crippen LogP) is 4.44. The molecule has 0 atom stereocenters. The summed E-state index contributed by atoms with van der Waals surface area (Å²) in [6, 6.07) is 14.5. The molecule has 1 amide bonds. The largest absolute Gasteiger partial charge is 0.338 e. The van der Waals surface area contributed by atoms with E-state index in [9.17, 15) is 4.79 Å². The maximum atomic E-state index is 12.7. The van der Waals surface area contributed by atoms with Gasteiger partial charge in [0.25, 0.3) is 5.91 Å². The predicted molar refractivity (Wildman–Crippen MR) is 110 cm³/mol. The number of hydrogen-bond acceptors (Lipinski definition) is 3. The number of amides is 1. The van der Waals surface area contributed by atoms with E-state index in [2.05, 4.69) is 17.3 Å². The Morgan fingerprint density at radius 3 is 2.46 bits per heavy atom. The molecule has 2 aliphatic heterocycles. The van der Waals surface area contributed by atoms with Crippen LogP contribution in [0.5, 0.6) is 0 Å². The number of piperidine rings is 1. The van der Waals surface area contributed by atoms with E-state index in [4.69, 9.17) is 28.0 Å². The third kappa shape index (κ3) is 4.18. The molecular weight excluding hydrogens is 395 g/mol. The highest BCUT2D eigenvalue weighted by atomic mass is 35.5. The van der Waals surface area contributed by atoms with E-state index in [1.54, 1.807) is 24.3 Å². The van der Waals surface area contributed by atoms with Gasteiger partial charge in [-0.2, -0.15) is 0 Å². The molecule has 1 saturated heterocycles. The van der Waals surface area contributed by atoms with Crippen molar-refractivity contribution in [2.45, 2.75) is 18.4 Å². The van der Waals surface area contributed by atoms with Crippen LogP contribution in [0, 0.1) is 11.8 Å². The number of rotatable bonds is 1. The highest BCUT2D eigenvalue weighted by Gasteiger charge is 2.39. The molecule has 2 heterocycles. The number of likely N-dealkylation sites (tertiary alicyclic amines) is 1. The summed E-state index contributed by atoms with van der Waals surface area (Å²) in [4.78, 5) is 20.3. The minimum atomic E-state index is -0.427. The Morgan fingerprint density at radius 2 is 1.75 bits per heavy atom. The summed E-state index contributed by atoms with van der Waals surface area (Å²) in [5, 5.41) is 1.22. The molecule has 0 radical (unpaired) electrons. The van der Waals surface area contributed by atoms with Crippen LogP contribution in [0.1, 0.15) is 28.8 Å². The first-order valence-corrected chi connectivity index (χ1v) is 9.78. The maximum absolute atomic E-state index is 12.7. The maximum Gasteiger partial charge on any atom is 0.253 e. The van der Waals surface area contributed by atoms with Gasteiger partial charge in [-0.1, -0.05) is 41.3 Å². The van der Waals surface area contributed by atoms with E-state index in [0.29, 0.717) is 41.5 Å². The Labute approximate surface area is 174 Å². The SMILES string of the molecule is O=C(c1cccc(Cl)c1)N1CCC2(C=C(C#Cc3cccc(Cl)c3)NO2)CC1. The van der Waals surface area contributed by atoms with Crippen molar-refractivity contribution in [1.82, 2.24) is 10.4 Å². The number of nitrogens with one attached hydrogen (secondary N) is 1. The van der Waals surface area contributed by atoms with Crippen molar-refractivity contribution in [3.63, 3.8) is 0 Å². The minimum absolute atomic E-state index is 0.00624. The van der Waals surface area contributed by atoms with Crippen molar-refractivity contribution in [2.75, 3.05) is 13.1 Å². The monoisotopic (exact) mass is 412 g/mol. The first-order valence-electron chi connectivity index (χ1n) is 9.02. The van der Waals surface area contributed by atoms with Crippen molar-refractivity contribution in [3.05, 3.63) is 81.5 Å². The van der Waals surface area contributed by atoms with E-state index in [-0.39, 0.29) is 5.91 Å². The van der Waals surface area contributed by atoms with E-state index in [0.717, 1.165) is 11.3 Å². The summed E-state index contributed by atoms with van der Waals surface area (Å²) >= 11 is 12.0. The van der Waals surface area contributed by atoms with Gasteiger partial charge in [-0.25, -0.2) is 0 Å². The third-order valence-corrected chi connectivity index (χ3v) is 5.38. The third-order valence-electron chi connectivity index (χ3n) is 4.91. The fourth-order valence-electron chi connectivity index (χ4n) is 3.38. The molecule has 2 aliphatic rings. The van der Waals surface area contributed by atoms with Gasteiger partial charge < -0.3 is 4.90 Å². The molecule has 2 aromatic carbocycles. The number of nitrogens with zero attached hydrogens (tertiary/aromatic N) is 1. The molecule has 1 fully saturated rings. The van der Waals surface area contributed by atoms with Crippen molar-refractivity contribution < 1.29 is 9.63 Å². The molecule has 1 spiro atoms. The average Bonchev–Trinajstić information content (AvgIpc) is 3.09. The molecule has 28 heavy (non-hydrogen) atoms. The summed E-state index contributed by atoms with van der Waals surface area (Å²) in [6.07, 6.45) is 3.43. The van der Waals surface area contributed by atoms with Gasteiger partial charge >= 0.3 is 0 Å². The minimum Gasteiger partial charge on any atom is -0.338 e. The Hall–Kier alpha value is -2.45. The van der Waals surface area contributed by atoms with Gasteiger partial charge in [0.15, 0.2) is 0 Å². The van der Waals surface area contributed by atoms with Crippen LogP contribution < -0.4 is 5.48 Å². The summed E-state index contributed by atoms with van der Waals surface area (Å²) < 4.78 is 0. The zero-order chi connectivity index (χ0) is 19.6. The lowest BCUT2D eigenvalue weighted by Crippen LogP contribution is -2.46. The smallest absolute Gasteiger partial charge is 0.253 e. The molecule has 6 heteroatoms. The van der Waals surface area contributed by atoms with Gasteiger partial charge in [-0.05, 0) is 48.4 Å². The normalized spacial score (nSPS) is 17.5. The second kappa shape index (κ2) is 7.89. The van der Waals surface area contributed by atoms with E-state index >= 15 is 0 Å². The molecule has 4 rings (SSSR count). The summed E-state index contributed by atoms with van der Waals surface area (Å²) in [6.45, 7) is 1.22. The van der Waals surface area contributed by atoms with Gasteiger partial charge in [0.1, 0.15) is 11.3 Å². The molecule has 0 aromatic heterocycles. The van der Waals surface area contributed by atoms with Gasteiger partial charge in [0, 0.05) is 47.1 Å². The van der Waals surface area contributed by atoms with Crippen LogP contribution in [0.15, 0.2) is 60.3 Å². The van der Waals surface area contributed by atoms with Crippen LogP contribution in [-0.4, -0.2) is 29.5 Å². The lowest BCUT2D eigenvalue weighted by molar-refractivity contribution is -0.0688. The Kier molecular flexibility index (Phi) is 5.32. The fourth-order valence-corrected chi connectivity index (χ4v) is 3.77. The van der Waals surface area contributed by atoms with Crippen molar-refractivity contribution in [1.29, 1.82) is 0 Å². The average molecular weight is 413 g/mol. The van der Waals surface area contributed by atoms with Crippen LogP contribution in [0.25, 0.3) is 0 Å². The van der Waals surface area contributed by atoms with Gasteiger partial charge in [-0.3, -0.25) is 15.1 Å². The first-order chi connectivity index (χ1) is 13.5. The van der Waals surface area contributed by atoms with E-state index in [1.807, 2.05) is 35.2 Å². The topological polar surface area (TPSA) is 41.6 Å². The molecule has 142 valence electrons. The van der Waals surface area contributed by atoms with Crippen molar-refractivity contribution in [2.24, 2.45) is 0 Å². The second-order valence-corrected chi connectivity index (χ2v) is 7.76. The summed E-state index contributed by atoms with van der Waals surface area (Å²) in [5.41, 5.74) is 4.68. The van der Waals surface area contributed by atoms with Gasteiger partial charge in [0.2, 0.25) is 0 Å². The zero-order valence-electron chi connectivity index (χ0n) is 15.0. The van der Waals surface area contributed by atoms with Crippen LogP contribution >= 0.6 is 23.2 Å². The van der Waals surface area contributed by atoms with Crippen LogP contribution in [0.2, 0.25) is 10.0 Å². The number of allylic oxidation sites excluding steroid dienone is 1. The second-order valence-electron chi connectivity index (χ2n) is 6.89. The molecule has 0 aliphatic carbocycles. The Morgan fingerprint density at radius 1 is 1.04 bits per heavy atom. The molecule has 4 nitrogen and oxygen atoms in total. The Balaban J connectivity index is 1.41. The molecule has 0 bridgehead atoms. The van der Waals surface area contributed by atoms with E-state index < -0.39 is 5.60 Å². The lowest BCUT2D eigenvalue weighted by Gasteiger charge is -2.36. The van der Waals surface area contributed by atoms with Crippen LogP contribution in [-0.2, 0) is 4.84 Å². The van der Waals surface area contributed by atoms with E-state index in [1.165, 1.54) is 0 Å². The molecule has 2 aromatic rings. The molecular formula is C22H18Cl2N2O2. The standard InChI is InChI=1S/C22H18Cl2N2O2/c23-18-5-1-3-16(13-18)7-8-20-15-22(28-25-20)9-11-26(12-10-22)21(27)17-4-2-6-19(24)14-17/h1-6,13-15,25H,9-12H2. The van der Waals surface area contributed by atoms with Crippen molar-refractivity contribution >= 4 is 29.1 Å². The number of carbonyl (C=O) groups is 1. The highest BCUT2D eigenvalue weighted by Crippen LogP contribution is 2.32. The lowest BCUT2D eigenvalue weighted by atomic mass is 9.90. The quantitative estimate of drug-likeness (QED) is 0.703. The van der Waals surface area contributed by atoms with Crippen LogP contribution in [0.3, 0.4) is 0 Å². The van der Waals surface area contributed by atoms with Gasteiger partial charge in [0.05, 0.1) is 0 Å².